The molecule has 1 aliphatic rings. The van der Waals surface area contributed by atoms with Crippen LogP contribution in [0.25, 0.3) is 11.0 Å². The summed E-state index contributed by atoms with van der Waals surface area (Å²) in [7, 11) is 1.47. The number of ether oxygens (including phenoxy) is 3. The number of fused-ring (bicyclic) bond motifs is 1. The molecule has 33 heavy (non-hydrogen) atoms. The molecule has 2 aromatic carbocycles. The second-order valence-corrected chi connectivity index (χ2v) is 7.35. The second-order valence-electron chi connectivity index (χ2n) is 7.35. The van der Waals surface area contributed by atoms with Crippen LogP contribution in [0, 0.1) is 0 Å². The van der Waals surface area contributed by atoms with Crippen molar-refractivity contribution in [3.8, 4) is 11.5 Å². The number of methoxy groups -OCH3 is 1. The van der Waals surface area contributed by atoms with Gasteiger partial charge in [0.2, 0.25) is 5.55 Å². The Morgan fingerprint density at radius 2 is 2.03 bits per heavy atom. The van der Waals surface area contributed by atoms with Gasteiger partial charge in [0.1, 0.15) is 11.3 Å². The summed E-state index contributed by atoms with van der Waals surface area (Å²) in [5.41, 5.74) is 0.497. The SMILES string of the molecule is COc1cccc2cc(C(=O)NC[C@@H]3CCCO3)c(=Nc3cccc(OC(F)(F)F)c3)oc12. The highest BCUT2D eigenvalue weighted by molar-refractivity contribution is 5.97. The van der Waals surface area contributed by atoms with Gasteiger partial charge in [-0.2, -0.15) is 0 Å². The van der Waals surface area contributed by atoms with Crippen molar-refractivity contribution in [2.45, 2.75) is 25.3 Å². The quantitative estimate of drug-likeness (QED) is 0.584. The van der Waals surface area contributed by atoms with E-state index in [1.54, 1.807) is 24.3 Å². The summed E-state index contributed by atoms with van der Waals surface area (Å²) in [5.74, 6) is -0.462. The number of alkyl halides is 3. The van der Waals surface area contributed by atoms with Crippen molar-refractivity contribution < 1.29 is 36.6 Å². The van der Waals surface area contributed by atoms with Crippen LogP contribution < -0.4 is 20.3 Å². The molecule has 0 unspecified atom stereocenters. The van der Waals surface area contributed by atoms with Crippen LogP contribution in [0.5, 0.6) is 11.5 Å². The number of para-hydroxylation sites is 1. The van der Waals surface area contributed by atoms with Crippen LogP contribution in [0.4, 0.5) is 18.9 Å². The third-order valence-corrected chi connectivity index (χ3v) is 5.00. The van der Waals surface area contributed by atoms with Crippen LogP contribution >= 0.6 is 0 Å². The zero-order chi connectivity index (χ0) is 23.4. The van der Waals surface area contributed by atoms with Crippen molar-refractivity contribution in [3.63, 3.8) is 0 Å². The lowest BCUT2D eigenvalue weighted by molar-refractivity contribution is -0.274. The number of carbonyl (C=O) groups excluding carboxylic acids is 1. The van der Waals surface area contributed by atoms with Crippen molar-refractivity contribution in [2.75, 3.05) is 20.3 Å². The lowest BCUT2D eigenvalue weighted by atomic mass is 10.1. The highest BCUT2D eigenvalue weighted by Crippen LogP contribution is 2.27. The zero-order valence-electron chi connectivity index (χ0n) is 17.6. The molecular formula is C23H21F3N2O5. The third-order valence-electron chi connectivity index (χ3n) is 5.00. The molecule has 0 aliphatic carbocycles. The number of hydrogen-bond acceptors (Lipinski definition) is 6. The molecule has 174 valence electrons. The van der Waals surface area contributed by atoms with Gasteiger partial charge in [-0.15, -0.1) is 13.2 Å². The summed E-state index contributed by atoms with van der Waals surface area (Å²) in [5, 5.41) is 3.42. The highest BCUT2D eigenvalue weighted by atomic mass is 19.4. The second kappa shape index (κ2) is 9.53. The Bertz CT molecular complexity index is 1220. The van der Waals surface area contributed by atoms with Gasteiger partial charge in [0.15, 0.2) is 11.3 Å². The first-order valence-corrected chi connectivity index (χ1v) is 10.2. The number of halogens is 3. The minimum Gasteiger partial charge on any atom is -0.493 e. The molecule has 0 spiro atoms. The molecule has 1 aliphatic heterocycles. The van der Waals surface area contributed by atoms with Gasteiger partial charge in [-0.3, -0.25) is 4.79 Å². The third kappa shape index (κ3) is 5.64. The molecule has 2 heterocycles. The van der Waals surface area contributed by atoms with Crippen LogP contribution in [0.15, 0.2) is 57.9 Å². The van der Waals surface area contributed by atoms with Crippen LogP contribution in [0.2, 0.25) is 0 Å². The number of benzene rings is 2. The fraction of sp³-hybridized carbons (Fsp3) is 0.304. The van der Waals surface area contributed by atoms with Gasteiger partial charge in [0.25, 0.3) is 5.91 Å². The molecule has 1 amide bonds. The Morgan fingerprint density at radius 3 is 2.76 bits per heavy atom. The fourth-order valence-electron chi connectivity index (χ4n) is 3.51. The van der Waals surface area contributed by atoms with E-state index in [1.165, 1.54) is 19.2 Å². The van der Waals surface area contributed by atoms with Crippen LogP contribution in [0.3, 0.4) is 0 Å². The molecule has 4 rings (SSSR count). The van der Waals surface area contributed by atoms with Crippen molar-refractivity contribution in [1.82, 2.24) is 5.32 Å². The highest BCUT2D eigenvalue weighted by Gasteiger charge is 2.31. The average Bonchev–Trinajstić information content (AvgIpc) is 3.29. The van der Waals surface area contributed by atoms with Gasteiger partial charge in [-0.05, 0) is 37.1 Å². The molecule has 10 heteroatoms. The largest absolute Gasteiger partial charge is 0.573 e. The molecule has 1 saturated heterocycles. The number of nitrogens with one attached hydrogen (secondary N) is 1. The maximum absolute atomic E-state index is 13.0. The standard InChI is InChI=1S/C23H21F3N2O5/c1-30-19-9-2-5-14-11-18(21(29)27-13-17-8-4-10-31-17)22(32-20(14)19)28-15-6-3-7-16(12-15)33-23(24,25)26/h2-3,5-7,9,11-12,17H,4,8,10,13H2,1H3,(H,27,29)/t17-/m0/s1. The number of hydrogen-bond donors (Lipinski definition) is 1. The fourth-order valence-corrected chi connectivity index (χ4v) is 3.51. The van der Waals surface area contributed by atoms with E-state index in [0.29, 0.717) is 29.9 Å². The number of amides is 1. The summed E-state index contributed by atoms with van der Waals surface area (Å²) >= 11 is 0. The van der Waals surface area contributed by atoms with E-state index in [-0.39, 0.29) is 22.9 Å². The van der Waals surface area contributed by atoms with E-state index in [1.807, 2.05) is 0 Å². The summed E-state index contributed by atoms with van der Waals surface area (Å²) in [6.45, 7) is 0.978. The Morgan fingerprint density at radius 1 is 1.21 bits per heavy atom. The molecule has 1 N–H and O–H groups in total. The smallest absolute Gasteiger partial charge is 0.493 e. The maximum Gasteiger partial charge on any atom is 0.573 e. The van der Waals surface area contributed by atoms with E-state index in [4.69, 9.17) is 13.9 Å². The van der Waals surface area contributed by atoms with Gasteiger partial charge in [0.05, 0.1) is 18.9 Å². The lowest BCUT2D eigenvalue weighted by Gasteiger charge is -2.12. The van der Waals surface area contributed by atoms with Crippen LogP contribution in [0.1, 0.15) is 23.2 Å². The summed E-state index contributed by atoms with van der Waals surface area (Å²) < 4.78 is 58.5. The Balaban J connectivity index is 1.76. The van der Waals surface area contributed by atoms with Gasteiger partial charge in [-0.1, -0.05) is 18.2 Å². The van der Waals surface area contributed by atoms with Gasteiger partial charge >= 0.3 is 6.36 Å². The lowest BCUT2D eigenvalue weighted by Crippen LogP contribution is -2.34. The topological polar surface area (TPSA) is 82.3 Å². The minimum absolute atomic E-state index is 0.0666. The molecule has 0 radical (unpaired) electrons. The van der Waals surface area contributed by atoms with E-state index in [0.717, 1.165) is 25.0 Å². The molecule has 3 aromatic rings. The Labute approximate surface area is 186 Å². The van der Waals surface area contributed by atoms with Crippen LogP contribution in [-0.4, -0.2) is 38.6 Å². The first kappa shape index (κ1) is 22.7. The summed E-state index contributed by atoms with van der Waals surface area (Å²) in [4.78, 5) is 17.3. The van der Waals surface area contributed by atoms with Crippen LogP contribution in [-0.2, 0) is 4.74 Å². The molecule has 0 bridgehead atoms. The predicted octanol–water partition coefficient (Wildman–Crippen LogP) is 4.48. The maximum atomic E-state index is 13.0. The number of carbonyl (C=O) groups is 1. The van der Waals surface area contributed by atoms with Gasteiger partial charge in [0, 0.05) is 24.6 Å². The van der Waals surface area contributed by atoms with Crippen molar-refractivity contribution in [3.05, 3.63) is 59.6 Å². The van der Waals surface area contributed by atoms with E-state index in [9.17, 15) is 18.0 Å². The van der Waals surface area contributed by atoms with Crippen molar-refractivity contribution in [1.29, 1.82) is 0 Å². The van der Waals surface area contributed by atoms with Crippen molar-refractivity contribution >= 4 is 22.6 Å². The Hall–Kier alpha value is -3.53. The zero-order valence-corrected chi connectivity index (χ0v) is 17.6. The van der Waals surface area contributed by atoms with Gasteiger partial charge in [-0.25, -0.2) is 4.99 Å². The van der Waals surface area contributed by atoms with E-state index >= 15 is 0 Å². The molecule has 1 aromatic heterocycles. The Kier molecular flexibility index (Phi) is 6.55. The summed E-state index contributed by atoms with van der Waals surface area (Å²) in [6, 6.07) is 11.9. The molecule has 1 atom stereocenters. The van der Waals surface area contributed by atoms with E-state index in [2.05, 4.69) is 15.0 Å². The first-order chi connectivity index (χ1) is 15.8. The molecule has 0 saturated carbocycles. The summed E-state index contributed by atoms with van der Waals surface area (Å²) in [6.07, 6.45) is -3.12. The normalized spacial score (nSPS) is 16.7. The molecule has 7 nitrogen and oxygen atoms in total. The first-order valence-electron chi connectivity index (χ1n) is 10.2. The predicted molar refractivity (Wildman–Crippen MR) is 112 cm³/mol. The van der Waals surface area contributed by atoms with E-state index < -0.39 is 18.0 Å². The number of rotatable bonds is 6. The monoisotopic (exact) mass is 462 g/mol. The minimum atomic E-state index is -4.84. The van der Waals surface area contributed by atoms with Crippen molar-refractivity contribution in [2.24, 2.45) is 4.99 Å². The molecular weight excluding hydrogens is 441 g/mol. The molecule has 1 fully saturated rings. The average molecular weight is 462 g/mol. The number of nitrogens with zero attached hydrogens (tertiary/aromatic N) is 1. The van der Waals surface area contributed by atoms with Gasteiger partial charge < -0.3 is 23.9 Å².